The molecule has 6 nitrogen and oxygen atoms in total. The molecule has 2 heterocycles. The number of anilines is 1. The smallest absolute Gasteiger partial charge is 0.250 e. The monoisotopic (exact) mass is 309 g/mol. The van der Waals surface area contributed by atoms with Gasteiger partial charge in [-0.2, -0.15) is 5.10 Å². The zero-order valence-corrected chi connectivity index (χ0v) is 13.2. The Morgan fingerprint density at radius 1 is 1.35 bits per heavy atom. The first kappa shape index (κ1) is 15.0. The second-order valence-corrected chi connectivity index (χ2v) is 5.35. The highest BCUT2D eigenvalue weighted by molar-refractivity contribution is 6.01. The third-order valence-corrected chi connectivity index (χ3v) is 3.49. The average Bonchev–Trinajstić information content (AvgIpc) is 3.10. The molecule has 3 aromatic rings. The number of aryl methyl sites for hydroxylation is 2. The number of fused-ring (bicyclic) bond motifs is 1. The van der Waals surface area contributed by atoms with Crippen LogP contribution >= 0.6 is 0 Å². The summed E-state index contributed by atoms with van der Waals surface area (Å²) >= 11 is 0. The highest BCUT2D eigenvalue weighted by Crippen LogP contribution is 2.20. The normalized spacial score (nSPS) is 11.4. The van der Waals surface area contributed by atoms with E-state index < -0.39 is 0 Å². The van der Waals surface area contributed by atoms with Gasteiger partial charge in [-0.1, -0.05) is 19.1 Å². The molecule has 23 heavy (non-hydrogen) atoms. The molecular formula is C17H19N5O. The van der Waals surface area contributed by atoms with Crippen molar-refractivity contribution < 1.29 is 4.79 Å². The maximum absolute atomic E-state index is 12.1. The second kappa shape index (κ2) is 6.48. The summed E-state index contributed by atoms with van der Waals surface area (Å²) in [6.45, 7) is 2.91. The van der Waals surface area contributed by atoms with Crippen LogP contribution in [0.2, 0.25) is 0 Å². The van der Waals surface area contributed by atoms with Gasteiger partial charge in [-0.25, -0.2) is 4.98 Å². The van der Waals surface area contributed by atoms with Crippen LogP contribution in [0.4, 0.5) is 5.95 Å². The maximum Gasteiger partial charge on any atom is 0.250 e. The van der Waals surface area contributed by atoms with Gasteiger partial charge in [0.15, 0.2) is 0 Å². The van der Waals surface area contributed by atoms with Gasteiger partial charge in [-0.05, 0) is 24.6 Å². The van der Waals surface area contributed by atoms with Gasteiger partial charge in [0.25, 0.3) is 5.91 Å². The summed E-state index contributed by atoms with van der Waals surface area (Å²) in [6.07, 6.45) is 7.74. The molecule has 0 spiro atoms. The molecule has 0 unspecified atom stereocenters. The van der Waals surface area contributed by atoms with Crippen molar-refractivity contribution in [3.05, 3.63) is 48.3 Å². The molecule has 0 aliphatic rings. The fourth-order valence-electron chi connectivity index (χ4n) is 2.47. The van der Waals surface area contributed by atoms with Crippen molar-refractivity contribution in [1.29, 1.82) is 0 Å². The summed E-state index contributed by atoms with van der Waals surface area (Å²) in [5, 5.41) is 6.92. The first-order valence-electron chi connectivity index (χ1n) is 7.60. The molecule has 6 heteroatoms. The largest absolute Gasteiger partial charge is 0.310 e. The van der Waals surface area contributed by atoms with Crippen molar-refractivity contribution in [2.45, 2.75) is 19.9 Å². The zero-order valence-electron chi connectivity index (χ0n) is 13.2. The van der Waals surface area contributed by atoms with Crippen LogP contribution in [-0.4, -0.2) is 25.2 Å². The van der Waals surface area contributed by atoms with Crippen LogP contribution in [0, 0.1) is 0 Å². The minimum absolute atomic E-state index is 0.207. The Hall–Kier alpha value is -2.89. The number of nitrogens with zero attached hydrogens (tertiary/aromatic N) is 4. The molecule has 1 aromatic carbocycles. The van der Waals surface area contributed by atoms with Crippen LogP contribution in [0.3, 0.4) is 0 Å². The lowest BCUT2D eigenvalue weighted by Gasteiger charge is -2.07. The van der Waals surface area contributed by atoms with Gasteiger partial charge in [-0.3, -0.25) is 14.8 Å². The number of para-hydroxylation sites is 2. The van der Waals surface area contributed by atoms with Crippen molar-refractivity contribution in [3.63, 3.8) is 0 Å². The molecule has 0 aliphatic heterocycles. The number of imidazole rings is 1. The van der Waals surface area contributed by atoms with Crippen molar-refractivity contribution in [2.24, 2.45) is 7.05 Å². The minimum atomic E-state index is -0.207. The molecule has 0 fully saturated rings. The number of hydrogen-bond donors (Lipinski definition) is 1. The first-order chi connectivity index (χ1) is 11.2. The molecule has 0 saturated heterocycles. The third-order valence-electron chi connectivity index (χ3n) is 3.49. The maximum atomic E-state index is 12.1. The van der Waals surface area contributed by atoms with Crippen molar-refractivity contribution in [3.8, 4) is 0 Å². The van der Waals surface area contributed by atoms with Crippen LogP contribution in [0.25, 0.3) is 17.1 Å². The lowest BCUT2D eigenvalue weighted by atomic mass is 10.3. The lowest BCUT2D eigenvalue weighted by Crippen LogP contribution is -2.13. The van der Waals surface area contributed by atoms with Crippen molar-refractivity contribution in [2.75, 3.05) is 5.32 Å². The molecule has 1 N–H and O–H groups in total. The van der Waals surface area contributed by atoms with Gasteiger partial charge in [0, 0.05) is 31.4 Å². The fraction of sp³-hybridized carbons (Fsp3) is 0.235. The summed E-state index contributed by atoms with van der Waals surface area (Å²) < 4.78 is 3.73. The van der Waals surface area contributed by atoms with Gasteiger partial charge < -0.3 is 4.57 Å². The third kappa shape index (κ3) is 3.31. The Labute approximate surface area is 134 Å². The van der Waals surface area contributed by atoms with Gasteiger partial charge in [-0.15, -0.1) is 0 Å². The highest BCUT2D eigenvalue weighted by Gasteiger charge is 2.11. The molecule has 0 radical (unpaired) electrons. The van der Waals surface area contributed by atoms with E-state index in [1.807, 2.05) is 42.1 Å². The molecule has 0 bridgehead atoms. The number of carbonyl (C=O) groups is 1. The summed E-state index contributed by atoms with van der Waals surface area (Å²) in [5.74, 6) is 0.371. The number of nitrogens with one attached hydrogen (secondary N) is 1. The van der Waals surface area contributed by atoms with E-state index in [9.17, 15) is 4.79 Å². The number of rotatable bonds is 5. The SMILES string of the molecule is CCCn1c(NC(=O)C=Cc2cnn(C)c2)nc2ccccc21. The summed E-state index contributed by atoms with van der Waals surface area (Å²) in [4.78, 5) is 16.7. The summed E-state index contributed by atoms with van der Waals surface area (Å²) in [6, 6.07) is 7.88. The standard InChI is InChI=1S/C17H19N5O/c1-3-10-22-15-7-5-4-6-14(15)19-17(22)20-16(23)9-8-13-11-18-21(2)12-13/h4-9,11-12H,3,10H2,1-2H3,(H,19,20,23). The number of amides is 1. The Morgan fingerprint density at radius 3 is 2.91 bits per heavy atom. The Bertz CT molecular complexity index is 859. The molecule has 3 rings (SSSR count). The minimum Gasteiger partial charge on any atom is -0.310 e. The first-order valence-corrected chi connectivity index (χ1v) is 7.60. The van der Waals surface area contributed by atoms with E-state index in [2.05, 4.69) is 22.3 Å². The van der Waals surface area contributed by atoms with E-state index in [4.69, 9.17) is 0 Å². The van der Waals surface area contributed by atoms with Crippen LogP contribution in [0.15, 0.2) is 42.7 Å². The Balaban J connectivity index is 1.81. The molecule has 2 aromatic heterocycles. The van der Waals surface area contributed by atoms with Crippen molar-refractivity contribution >= 4 is 29.0 Å². The summed E-state index contributed by atoms with van der Waals surface area (Å²) in [5.41, 5.74) is 2.79. The zero-order chi connectivity index (χ0) is 16.2. The van der Waals surface area contributed by atoms with E-state index in [0.717, 1.165) is 29.6 Å². The van der Waals surface area contributed by atoms with Crippen molar-refractivity contribution in [1.82, 2.24) is 19.3 Å². The quantitative estimate of drug-likeness (QED) is 0.737. The van der Waals surface area contributed by atoms with Gasteiger partial charge in [0.05, 0.1) is 17.2 Å². The van der Waals surface area contributed by atoms with E-state index >= 15 is 0 Å². The van der Waals surface area contributed by atoms with E-state index in [0.29, 0.717) is 5.95 Å². The topological polar surface area (TPSA) is 64.7 Å². The van der Waals surface area contributed by atoms with Crippen LogP contribution in [-0.2, 0) is 18.4 Å². The van der Waals surface area contributed by atoms with Crippen LogP contribution in [0.5, 0.6) is 0 Å². The number of aromatic nitrogens is 4. The highest BCUT2D eigenvalue weighted by atomic mass is 16.1. The van der Waals surface area contributed by atoms with E-state index in [1.165, 1.54) is 6.08 Å². The van der Waals surface area contributed by atoms with E-state index in [-0.39, 0.29) is 5.91 Å². The molecular weight excluding hydrogens is 290 g/mol. The second-order valence-electron chi connectivity index (χ2n) is 5.35. The number of carbonyl (C=O) groups excluding carboxylic acids is 1. The molecule has 0 atom stereocenters. The Kier molecular flexibility index (Phi) is 4.23. The van der Waals surface area contributed by atoms with E-state index in [1.54, 1.807) is 17.0 Å². The van der Waals surface area contributed by atoms with Crippen LogP contribution in [0.1, 0.15) is 18.9 Å². The number of benzene rings is 1. The lowest BCUT2D eigenvalue weighted by molar-refractivity contribution is -0.111. The average molecular weight is 309 g/mol. The summed E-state index contributed by atoms with van der Waals surface area (Å²) in [7, 11) is 1.84. The predicted molar refractivity (Wildman–Crippen MR) is 90.9 cm³/mol. The van der Waals surface area contributed by atoms with Gasteiger partial charge in [0.2, 0.25) is 5.95 Å². The Morgan fingerprint density at radius 2 is 2.17 bits per heavy atom. The molecule has 0 saturated carbocycles. The van der Waals surface area contributed by atoms with Gasteiger partial charge in [0.1, 0.15) is 0 Å². The van der Waals surface area contributed by atoms with Gasteiger partial charge >= 0.3 is 0 Å². The van der Waals surface area contributed by atoms with Crippen LogP contribution < -0.4 is 5.32 Å². The number of hydrogen-bond acceptors (Lipinski definition) is 3. The molecule has 0 aliphatic carbocycles. The fourth-order valence-corrected chi connectivity index (χ4v) is 2.47. The molecule has 1 amide bonds. The predicted octanol–water partition coefficient (Wildman–Crippen LogP) is 2.83. The molecule has 118 valence electrons.